The highest BCUT2D eigenvalue weighted by Gasteiger charge is 2.41. The number of hydrogen-bond donors (Lipinski definition) is 0. The molecule has 1 fully saturated rings. The molecule has 0 N–H and O–H groups in total. The summed E-state index contributed by atoms with van der Waals surface area (Å²) in [4.78, 5) is 22.6. The average Bonchev–Trinajstić information content (AvgIpc) is 2.61. The van der Waals surface area contributed by atoms with Crippen molar-refractivity contribution in [3.05, 3.63) is 24.0 Å². The van der Waals surface area contributed by atoms with Crippen LogP contribution in [0.3, 0.4) is 0 Å². The summed E-state index contributed by atoms with van der Waals surface area (Å²) in [6.45, 7) is 3.16. The second kappa shape index (κ2) is 9.11. The molecule has 0 amide bonds. The number of carbonyl (C=O) groups excluding carboxylic acids is 2. The Balaban J connectivity index is 1.89. The van der Waals surface area contributed by atoms with Crippen molar-refractivity contribution in [3.8, 4) is 11.5 Å². The van der Waals surface area contributed by atoms with Crippen LogP contribution in [0.1, 0.15) is 6.92 Å². The van der Waals surface area contributed by atoms with Crippen molar-refractivity contribution in [1.82, 2.24) is 0 Å². The third-order valence-corrected chi connectivity index (χ3v) is 3.27. The van der Waals surface area contributed by atoms with Gasteiger partial charge in [0.15, 0.2) is 11.6 Å². The Hall–Kier alpha value is -2.24. The Bertz CT molecular complexity index is 669. The molecule has 150 valence electrons. The lowest BCUT2D eigenvalue weighted by Crippen LogP contribution is -2.40. The first-order valence-electron chi connectivity index (χ1n) is 7.82. The van der Waals surface area contributed by atoms with Crippen molar-refractivity contribution >= 4 is 11.9 Å². The normalized spacial score (nSPS) is 20.2. The van der Waals surface area contributed by atoms with E-state index in [-0.39, 0.29) is 24.9 Å². The van der Waals surface area contributed by atoms with E-state index < -0.39 is 36.0 Å². The average molecular weight is 396 g/mol. The first-order valence-corrected chi connectivity index (χ1v) is 7.82. The molecule has 2 rings (SSSR count). The predicted octanol–water partition coefficient (Wildman–Crippen LogP) is 2.22. The van der Waals surface area contributed by atoms with Crippen LogP contribution in [0.15, 0.2) is 18.2 Å². The minimum Gasteiger partial charge on any atom is -0.423 e. The molecular formula is C16H16F4O7. The first kappa shape index (κ1) is 21.1. The predicted molar refractivity (Wildman–Crippen MR) is 79.4 cm³/mol. The molecule has 27 heavy (non-hydrogen) atoms. The third-order valence-electron chi connectivity index (χ3n) is 3.27. The minimum absolute atomic E-state index is 0.0472. The standard InChI is InChI=1S/C16H16F4O7/c1-2-23-6-9-7-24-14(25-8-9)13(21)26-10-3-4-12(11(17)5-10)27-15(22)16(18,19)20/h3-5,9,14H,2,6-8H2,1H3. The number of halogens is 4. The van der Waals surface area contributed by atoms with E-state index in [2.05, 4.69) is 4.74 Å². The van der Waals surface area contributed by atoms with Crippen molar-refractivity contribution in [1.29, 1.82) is 0 Å². The van der Waals surface area contributed by atoms with Gasteiger partial charge in [-0.1, -0.05) is 0 Å². The summed E-state index contributed by atoms with van der Waals surface area (Å²) in [6.07, 6.45) is -6.60. The van der Waals surface area contributed by atoms with Gasteiger partial charge in [0.1, 0.15) is 5.75 Å². The number of alkyl halides is 3. The summed E-state index contributed by atoms with van der Waals surface area (Å²) in [5, 5.41) is 0. The summed E-state index contributed by atoms with van der Waals surface area (Å²) < 4.78 is 74.5. The van der Waals surface area contributed by atoms with Gasteiger partial charge in [-0.2, -0.15) is 13.2 Å². The van der Waals surface area contributed by atoms with Crippen molar-refractivity contribution in [2.45, 2.75) is 19.4 Å². The number of rotatable bonds is 6. The van der Waals surface area contributed by atoms with Gasteiger partial charge in [0.25, 0.3) is 6.29 Å². The molecular weight excluding hydrogens is 380 g/mol. The highest BCUT2D eigenvalue weighted by molar-refractivity contribution is 5.78. The lowest BCUT2D eigenvalue weighted by Gasteiger charge is -2.27. The summed E-state index contributed by atoms with van der Waals surface area (Å²) in [5.41, 5.74) is 0. The Morgan fingerprint density at radius 2 is 1.85 bits per heavy atom. The Labute approximate surface area is 151 Å². The SMILES string of the molecule is CCOCC1COC(C(=O)Oc2ccc(OC(=O)C(F)(F)F)c(F)c2)OC1. The van der Waals surface area contributed by atoms with Gasteiger partial charge in [0.2, 0.25) is 0 Å². The van der Waals surface area contributed by atoms with E-state index >= 15 is 0 Å². The zero-order valence-corrected chi connectivity index (χ0v) is 14.1. The van der Waals surface area contributed by atoms with Crippen LogP contribution in [0.2, 0.25) is 0 Å². The lowest BCUT2D eigenvalue weighted by atomic mass is 10.2. The van der Waals surface area contributed by atoms with Gasteiger partial charge in [-0.15, -0.1) is 0 Å². The molecule has 1 aliphatic heterocycles. The van der Waals surface area contributed by atoms with Gasteiger partial charge < -0.3 is 23.7 Å². The Kier molecular flexibility index (Phi) is 7.11. The van der Waals surface area contributed by atoms with Crippen LogP contribution in [0, 0.1) is 11.7 Å². The van der Waals surface area contributed by atoms with Gasteiger partial charge >= 0.3 is 18.1 Å². The van der Waals surface area contributed by atoms with Crippen LogP contribution in [0.5, 0.6) is 11.5 Å². The number of benzene rings is 1. The lowest BCUT2D eigenvalue weighted by molar-refractivity contribution is -0.219. The van der Waals surface area contributed by atoms with Gasteiger partial charge in [-0.05, 0) is 19.1 Å². The molecule has 0 bridgehead atoms. The maximum absolute atomic E-state index is 13.7. The molecule has 1 saturated heterocycles. The van der Waals surface area contributed by atoms with Crippen LogP contribution in [0.25, 0.3) is 0 Å². The number of ether oxygens (including phenoxy) is 5. The zero-order chi connectivity index (χ0) is 20.0. The second-order valence-electron chi connectivity index (χ2n) is 5.42. The number of esters is 2. The van der Waals surface area contributed by atoms with E-state index in [9.17, 15) is 27.2 Å². The van der Waals surface area contributed by atoms with E-state index in [0.717, 1.165) is 12.1 Å². The van der Waals surface area contributed by atoms with Crippen LogP contribution in [0.4, 0.5) is 17.6 Å². The van der Waals surface area contributed by atoms with E-state index in [4.69, 9.17) is 18.9 Å². The maximum atomic E-state index is 13.7. The highest BCUT2D eigenvalue weighted by atomic mass is 19.4. The minimum atomic E-state index is -5.27. The smallest absolute Gasteiger partial charge is 0.423 e. The molecule has 0 aromatic heterocycles. The van der Waals surface area contributed by atoms with Crippen LogP contribution in [-0.4, -0.2) is 50.8 Å². The second-order valence-corrected chi connectivity index (χ2v) is 5.42. The van der Waals surface area contributed by atoms with E-state index in [1.165, 1.54) is 0 Å². The largest absolute Gasteiger partial charge is 0.491 e. The molecule has 0 radical (unpaired) electrons. The molecule has 0 aliphatic carbocycles. The molecule has 1 aromatic carbocycles. The van der Waals surface area contributed by atoms with Crippen LogP contribution >= 0.6 is 0 Å². The fourth-order valence-electron chi connectivity index (χ4n) is 2.01. The van der Waals surface area contributed by atoms with Crippen molar-refractivity contribution in [3.63, 3.8) is 0 Å². The molecule has 11 heteroatoms. The van der Waals surface area contributed by atoms with Crippen molar-refractivity contribution in [2.75, 3.05) is 26.4 Å². The molecule has 0 atom stereocenters. The van der Waals surface area contributed by atoms with Gasteiger partial charge in [-0.25, -0.2) is 14.0 Å². The fourth-order valence-corrected chi connectivity index (χ4v) is 2.01. The zero-order valence-electron chi connectivity index (χ0n) is 14.1. The Morgan fingerprint density at radius 1 is 1.19 bits per heavy atom. The first-order chi connectivity index (χ1) is 12.7. The van der Waals surface area contributed by atoms with Crippen LogP contribution < -0.4 is 9.47 Å². The van der Waals surface area contributed by atoms with Crippen molar-refractivity contribution in [2.24, 2.45) is 5.92 Å². The van der Waals surface area contributed by atoms with E-state index in [1.54, 1.807) is 0 Å². The topological polar surface area (TPSA) is 80.3 Å². The Morgan fingerprint density at radius 3 is 2.41 bits per heavy atom. The van der Waals surface area contributed by atoms with E-state index in [1.807, 2.05) is 6.92 Å². The monoisotopic (exact) mass is 396 g/mol. The molecule has 0 saturated carbocycles. The van der Waals surface area contributed by atoms with Crippen molar-refractivity contribution < 1.29 is 50.8 Å². The van der Waals surface area contributed by atoms with Crippen LogP contribution in [-0.2, 0) is 23.8 Å². The fraction of sp³-hybridized carbons (Fsp3) is 0.500. The number of carbonyl (C=O) groups is 2. The molecule has 0 unspecified atom stereocenters. The number of hydrogen-bond acceptors (Lipinski definition) is 7. The van der Waals surface area contributed by atoms with Gasteiger partial charge in [-0.3, -0.25) is 0 Å². The molecule has 7 nitrogen and oxygen atoms in total. The van der Waals surface area contributed by atoms with Gasteiger partial charge in [0.05, 0.1) is 19.8 Å². The third kappa shape index (κ3) is 6.15. The van der Waals surface area contributed by atoms with E-state index in [0.29, 0.717) is 19.3 Å². The molecule has 1 aliphatic rings. The molecule has 1 aromatic rings. The highest BCUT2D eigenvalue weighted by Crippen LogP contribution is 2.26. The summed E-state index contributed by atoms with van der Waals surface area (Å²) in [6, 6.07) is 2.28. The maximum Gasteiger partial charge on any atom is 0.491 e. The quantitative estimate of drug-likeness (QED) is 0.414. The van der Waals surface area contributed by atoms with Gasteiger partial charge in [0, 0.05) is 18.6 Å². The summed E-state index contributed by atoms with van der Waals surface area (Å²) >= 11 is 0. The molecule has 0 spiro atoms. The molecule has 1 heterocycles. The summed E-state index contributed by atoms with van der Waals surface area (Å²) in [7, 11) is 0. The summed E-state index contributed by atoms with van der Waals surface area (Å²) in [5.74, 6) is -6.19.